The molecule has 0 aromatic heterocycles. The summed E-state index contributed by atoms with van der Waals surface area (Å²) in [6.07, 6.45) is 4.62. The van der Waals surface area contributed by atoms with Crippen molar-refractivity contribution in [3.05, 3.63) is 96.7 Å². The Bertz CT molecular complexity index is 1060. The van der Waals surface area contributed by atoms with Crippen LogP contribution in [0.5, 0.6) is 11.5 Å². The van der Waals surface area contributed by atoms with Gasteiger partial charge in [0.1, 0.15) is 17.7 Å². The Morgan fingerprint density at radius 2 is 1.58 bits per heavy atom. The Morgan fingerprint density at radius 1 is 0.903 bits per heavy atom. The van der Waals surface area contributed by atoms with E-state index in [1.54, 1.807) is 0 Å². The van der Waals surface area contributed by atoms with Gasteiger partial charge in [0.15, 0.2) is 0 Å². The number of rotatable bonds is 6. The number of ether oxygens (including phenoxy) is 1. The van der Waals surface area contributed by atoms with Gasteiger partial charge in [0.05, 0.1) is 12.2 Å². The topological polar surface area (TPSA) is 44.8 Å². The number of para-hydroxylation sites is 1. The van der Waals surface area contributed by atoms with Gasteiger partial charge in [-0.1, -0.05) is 48.5 Å². The summed E-state index contributed by atoms with van der Waals surface area (Å²) in [5, 5.41) is 3.01. The van der Waals surface area contributed by atoms with E-state index in [0.29, 0.717) is 6.54 Å². The van der Waals surface area contributed by atoms with E-state index >= 15 is 0 Å². The SMILES string of the molecule is O=C(CN1C=C(c2ccccc2)N2CCC[C@@H]12)Nc1ccc(Oc2ccccc2)cc1. The zero-order valence-electron chi connectivity index (χ0n) is 17.3. The van der Waals surface area contributed by atoms with Crippen LogP contribution in [0.15, 0.2) is 91.1 Å². The normalized spacial score (nSPS) is 17.3. The molecule has 3 aromatic carbocycles. The van der Waals surface area contributed by atoms with Gasteiger partial charge >= 0.3 is 0 Å². The first kappa shape index (κ1) is 19.2. The second kappa shape index (κ2) is 8.56. The van der Waals surface area contributed by atoms with E-state index in [1.165, 1.54) is 11.3 Å². The van der Waals surface area contributed by atoms with Crippen molar-refractivity contribution in [3.63, 3.8) is 0 Å². The van der Waals surface area contributed by atoms with Crippen LogP contribution in [0.25, 0.3) is 5.70 Å². The lowest BCUT2D eigenvalue weighted by Crippen LogP contribution is -2.39. The van der Waals surface area contributed by atoms with Gasteiger partial charge in [-0.2, -0.15) is 0 Å². The molecule has 1 fully saturated rings. The number of fused-ring (bicyclic) bond motifs is 1. The molecule has 1 N–H and O–H groups in total. The highest BCUT2D eigenvalue weighted by Gasteiger charge is 2.36. The summed E-state index contributed by atoms with van der Waals surface area (Å²) >= 11 is 0. The molecule has 0 unspecified atom stereocenters. The maximum atomic E-state index is 12.7. The summed E-state index contributed by atoms with van der Waals surface area (Å²) < 4.78 is 5.81. The lowest BCUT2D eigenvalue weighted by atomic mass is 10.1. The minimum Gasteiger partial charge on any atom is -0.457 e. The Balaban J connectivity index is 1.22. The zero-order valence-corrected chi connectivity index (χ0v) is 17.3. The number of carbonyl (C=O) groups is 1. The van der Waals surface area contributed by atoms with Gasteiger partial charge in [0.2, 0.25) is 5.91 Å². The molecule has 5 rings (SSSR count). The van der Waals surface area contributed by atoms with E-state index < -0.39 is 0 Å². The molecule has 3 aromatic rings. The third kappa shape index (κ3) is 4.26. The van der Waals surface area contributed by atoms with Gasteiger partial charge in [-0.05, 0) is 54.8 Å². The van der Waals surface area contributed by atoms with Gasteiger partial charge < -0.3 is 19.9 Å². The molecule has 31 heavy (non-hydrogen) atoms. The molecule has 0 aliphatic carbocycles. The highest BCUT2D eigenvalue weighted by Crippen LogP contribution is 2.36. The first-order valence-corrected chi connectivity index (χ1v) is 10.7. The van der Waals surface area contributed by atoms with E-state index in [-0.39, 0.29) is 12.1 Å². The molecule has 2 heterocycles. The maximum absolute atomic E-state index is 12.7. The van der Waals surface area contributed by atoms with Crippen molar-refractivity contribution in [2.24, 2.45) is 0 Å². The number of benzene rings is 3. The Labute approximate surface area is 182 Å². The molecule has 2 aliphatic heterocycles. The first-order chi connectivity index (χ1) is 15.3. The molecule has 5 nitrogen and oxygen atoms in total. The number of anilines is 1. The lowest BCUT2D eigenvalue weighted by Gasteiger charge is -2.27. The van der Waals surface area contributed by atoms with Crippen LogP contribution in [0.4, 0.5) is 5.69 Å². The van der Waals surface area contributed by atoms with Crippen molar-refractivity contribution in [2.75, 3.05) is 18.4 Å². The van der Waals surface area contributed by atoms with E-state index in [0.717, 1.165) is 36.6 Å². The number of amides is 1. The largest absolute Gasteiger partial charge is 0.457 e. The fraction of sp³-hybridized carbons (Fsp3) is 0.192. The molecule has 0 radical (unpaired) electrons. The standard InChI is InChI=1S/C26H25N3O2/c30-25(27-21-13-15-23(16-14-21)31-22-10-5-2-6-11-22)19-28-18-24(20-8-3-1-4-9-20)29-17-7-12-26(28)29/h1-6,8-11,13-16,18,26H,7,12,17,19H2,(H,27,30)/t26-/m0/s1. The third-order valence-electron chi connectivity index (χ3n) is 5.71. The average Bonchev–Trinajstić information content (AvgIpc) is 3.40. The quantitative estimate of drug-likeness (QED) is 0.609. The molecule has 0 spiro atoms. The van der Waals surface area contributed by atoms with Crippen LogP contribution < -0.4 is 10.1 Å². The van der Waals surface area contributed by atoms with Gasteiger partial charge in [-0.25, -0.2) is 0 Å². The number of nitrogens with zero attached hydrogens (tertiary/aromatic N) is 2. The Hall–Kier alpha value is -3.73. The summed E-state index contributed by atoms with van der Waals surface area (Å²) in [5.41, 5.74) is 3.17. The average molecular weight is 412 g/mol. The van der Waals surface area contributed by atoms with Gasteiger partial charge in [-0.3, -0.25) is 4.79 Å². The summed E-state index contributed by atoms with van der Waals surface area (Å²) in [7, 11) is 0. The van der Waals surface area contributed by atoms with Crippen molar-refractivity contribution in [1.82, 2.24) is 9.80 Å². The van der Waals surface area contributed by atoms with Crippen molar-refractivity contribution < 1.29 is 9.53 Å². The summed E-state index contributed by atoms with van der Waals surface area (Å²) in [6.45, 7) is 1.37. The van der Waals surface area contributed by atoms with Gasteiger partial charge in [-0.15, -0.1) is 0 Å². The molecular weight excluding hydrogens is 386 g/mol. The van der Waals surface area contributed by atoms with Crippen LogP contribution in [0, 0.1) is 0 Å². The number of hydrogen-bond acceptors (Lipinski definition) is 4. The second-order valence-corrected chi connectivity index (χ2v) is 7.86. The van der Waals surface area contributed by atoms with Crippen LogP contribution in [0.1, 0.15) is 18.4 Å². The third-order valence-corrected chi connectivity index (χ3v) is 5.71. The molecular formula is C26H25N3O2. The number of nitrogens with one attached hydrogen (secondary N) is 1. The smallest absolute Gasteiger partial charge is 0.243 e. The molecule has 2 aliphatic rings. The summed E-state index contributed by atoms with van der Waals surface area (Å²) in [6, 6.07) is 27.5. The second-order valence-electron chi connectivity index (χ2n) is 7.86. The number of hydrogen-bond donors (Lipinski definition) is 1. The van der Waals surface area contributed by atoms with Crippen molar-refractivity contribution >= 4 is 17.3 Å². The van der Waals surface area contributed by atoms with Gasteiger partial charge in [0, 0.05) is 18.4 Å². The fourth-order valence-corrected chi connectivity index (χ4v) is 4.29. The van der Waals surface area contributed by atoms with Crippen molar-refractivity contribution in [3.8, 4) is 11.5 Å². The summed E-state index contributed by atoms with van der Waals surface area (Å²) in [4.78, 5) is 17.3. The lowest BCUT2D eigenvalue weighted by molar-refractivity contribution is -0.117. The monoisotopic (exact) mass is 411 g/mol. The molecule has 0 saturated carbocycles. The molecule has 1 saturated heterocycles. The maximum Gasteiger partial charge on any atom is 0.243 e. The molecule has 1 atom stereocenters. The van der Waals surface area contributed by atoms with Crippen molar-refractivity contribution in [1.29, 1.82) is 0 Å². The minimum absolute atomic E-state index is 0.0193. The highest BCUT2D eigenvalue weighted by atomic mass is 16.5. The predicted molar refractivity (Wildman–Crippen MR) is 122 cm³/mol. The van der Waals surface area contributed by atoms with Crippen LogP contribution in [-0.4, -0.2) is 35.0 Å². The Kier molecular flexibility index (Phi) is 5.31. The predicted octanol–water partition coefficient (Wildman–Crippen LogP) is 5.15. The van der Waals surface area contributed by atoms with E-state index in [1.807, 2.05) is 60.7 Å². The van der Waals surface area contributed by atoms with Gasteiger partial charge in [0.25, 0.3) is 0 Å². The number of carbonyl (C=O) groups excluding carboxylic acids is 1. The molecule has 0 bridgehead atoms. The van der Waals surface area contributed by atoms with Crippen LogP contribution in [0.2, 0.25) is 0 Å². The van der Waals surface area contributed by atoms with Crippen LogP contribution in [-0.2, 0) is 4.79 Å². The van der Waals surface area contributed by atoms with Crippen molar-refractivity contribution in [2.45, 2.75) is 19.0 Å². The van der Waals surface area contributed by atoms with Crippen LogP contribution >= 0.6 is 0 Å². The zero-order chi connectivity index (χ0) is 21.0. The fourth-order valence-electron chi connectivity index (χ4n) is 4.29. The van der Waals surface area contributed by atoms with E-state index in [4.69, 9.17) is 4.74 Å². The van der Waals surface area contributed by atoms with E-state index in [2.05, 4.69) is 45.6 Å². The molecule has 1 amide bonds. The molecule has 156 valence electrons. The minimum atomic E-state index is -0.0193. The first-order valence-electron chi connectivity index (χ1n) is 10.7. The Morgan fingerprint density at radius 3 is 2.32 bits per heavy atom. The summed E-state index contributed by atoms with van der Waals surface area (Å²) in [5.74, 6) is 1.50. The highest BCUT2D eigenvalue weighted by molar-refractivity contribution is 5.92. The van der Waals surface area contributed by atoms with E-state index in [9.17, 15) is 4.79 Å². The van der Waals surface area contributed by atoms with Crippen LogP contribution in [0.3, 0.4) is 0 Å². The molecule has 5 heteroatoms.